The van der Waals surface area contributed by atoms with Crippen molar-refractivity contribution in [2.75, 3.05) is 7.11 Å². The molecule has 0 unspecified atom stereocenters. The number of hydrogen-bond acceptors (Lipinski definition) is 2. The molecule has 2 heteroatoms. The fraction of sp³-hybridized carbons (Fsp3) is 0.412. The second-order valence-corrected chi connectivity index (χ2v) is 6.28. The van der Waals surface area contributed by atoms with Crippen molar-refractivity contribution in [2.24, 2.45) is 0 Å². The van der Waals surface area contributed by atoms with E-state index in [2.05, 4.69) is 24.3 Å². The van der Waals surface area contributed by atoms with Gasteiger partial charge in [0.25, 0.3) is 0 Å². The Morgan fingerprint density at radius 3 is 2.84 bits per heavy atom. The number of thiophene rings is 1. The molecule has 0 N–H and O–H groups in total. The van der Waals surface area contributed by atoms with Crippen LogP contribution in [0, 0.1) is 0 Å². The van der Waals surface area contributed by atoms with Crippen molar-refractivity contribution in [3.63, 3.8) is 0 Å². The van der Waals surface area contributed by atoms with Gasteiger partial charge in [0, 0.05) is 9.58 Å². The summed E-state index contributed by atoms with van der Waals surface area (Å²) in [4.78, 5) is 1.45. The Balaban J connectivity index is 1.95. The SMILES string of the molecule is COc1ccc2cc(/C3=C/CCCCCC3)sc2c1. The van der Waals surface area contributed by atoms with Gasteiger partial charge in [0.05, 0.1) is 7.11 Å². The van der Waals surface area contributed by atoms with Crippen molar-refractivity contribution < 1.29 is 4.74 Å². The third-order valence-corrected chi connectivity index (χ3v) is 5.01. The van der Waals surface area contributed by atoms with E-state index in [0.717, 1.165) is 5.75 Å². The predicted molar refractivity (Wildman–Crippen MR) is 84.1 cm³/mol. The van der Waals surface area contributed by atoms with Crippen LogP contribution in [0.5, 0.6) is 5.75 Å². The van der Waals surface area contributed by atoms with E-state index in [9.17, 15) is 0 Å². The zero-order valence-corrected chi connectivity index (χ0v) is 12.3. The van der Waals surface area contributed by atoms with Gasteiger partial charge in [-0.25, -0.2) is 0 Å². The zero-order valence-electron chi connectivity index (χ0n) is 11.4. The van der Waals surface area contributed by atoms with E-state index in [0.29, 0.717) is 0 Å². The molecule has 0 aliphatic heterocycles. The first-order chi connectivity index (χ1) is 9.36. The normalized spacial score (nSPS) is 19.5. The number of fused-ring (bicyclic) bond motifs is 1. The van der Waals surface area contributed by atoms with E-state index in [-0.39, 0.29) is 0 Å². The fourth-order valence-corrected chi connectivity index (χ4v) is 3.87. The third kappa shape index (κ3) is 2.84. The molecule has 100 valence electrons. The van der Waals surface area contributed by atoms with Crippen molar-refractivity contribution in [2.45, 2.75) is 38.5 Å². The van der Waals surface area contributed by atoms with Crippen LogP contribution in [0.2, 0.25) is 0 Å². The summed E-state index contributed by atoms with van der Waals surface area (Å²) in [6.45, 7) is 0. The van der Waals surface area contributed by atoms with Crippen molar-refractivity contribution in [3.8, 4) is 5.75 Å². The number of ether oxygens (including phenoxy) is 1. The van der Waals surface area contributed by atoms with Crippen LogP contribution in [0.4, 0.5) is 0 Å². The zero-order chi connectivity index (χ0) is 13.1. The molecule has 1 aliphatic carbocycles. The van der Waals surface area contributed by atoms with Gasteiger partial charge >= 0.3 is 0 Å². The van der Waals surface area contributed by atoms with E-state index < -0.39 is 0 Å². The Hall–Kier alpha value is -1.28. The minimum Gasteiger partial charge on any atom is -0.497 e. The quantitative estimate of drug-likeness (QED) is 0.686. The van der Waals surface area contributed by atoms with Gasteiger partial charge in [-0.15, -0.1) is 11.3 Å². The van der Waals surface area contributed by atoms with Crippen LogP contribution in [-0.2, 0) is 0 Å². The molecule has 0 amide bonds. The van der Waals surface area contributed by atoms with Crippen molar-refractivity contribution >= 4 is 27.0 Å². The van der Waals surface area contributed by atoms with Crippen molar-refractivity contribution in [3.05, 3.63) is 35.2 Å². The molecule has 3 rings (SSSR count). The van der Waals surface area contributed by atoms with Crippen molar-refractivity contribution in [1.29, 1.82) is 0 Å². The number of rotatable bonds is 2. The average molecular weight is 272 g/mol. The lowest BCUT2D eigenvalue weighted by atomic mass is 9.99. The molecule has 19 heavy (non-hydrogen) atoms. The summed E-state index contributed by atoms with van der Waals surface area (Å²) in [6, 6.07) is 8.70. The molecule has 0 fully saturated rings. The van der Waals surface area contributed by atoms with Gasteiger partial charge in [0.1, 0.15) is 5.75 Å². The second-order valence-electron chi connectivity index (χ2n) is 5.20. The highest BCUT2D eigenvalue weighted by atomic mass is 32.1. The van der Waals surface area contributed by atoms with Gasteiger partial charge in [-0.1, -0.05) is 18.9 Å². The molecular weight excluding hydrogens is 252 g/mol. The van der Waals surface area contributed by atoms with Crippen molar-refractivity contribution in [1.82, 2.24) is 0 Å². The van der Waals surface area contributed by atoms with Crippen LogP contribution in [-0.4, -0.2) is 7.11 Å². The molecule has 1 aromatic heterocycles. The Morgan fingerprint density at radius 1 is 1.05 bits per heavy atom. The fourth-order valence-electron chi connectivity index (χ4n) is 2.71. The predicted octanol–water partition coefficient (Wildman–Crippen LogP) is 5.65. The summed E-state index contributed by atoms with van der Waals surface area (Å²) < 4.78 is 6.64. The molecule has 0 atom stereocenters. The smallest absolute Gasteiger partial charge is 0.120 e. The minimum absolute atomic E-state index is 0.951. The van der Waals surface area contributed by atoms with Gasteiger partial charge < -0.3 is 4.74 Å². The van der Waals surface area contributed by atoms with Crippen LogP contribution in [0.15, 0.2) is 30.3 Å². The second kappa shape index (κ2) is 5.79. The van der Waals surface area contributed by atoms with Crippen LogP contribution < -0.4 is 4.74 Å². The molecular formula is C17H20OS. The number of hydrogen-bond donors (Lipinski definition) is 0. The number of methoxy groups -OCH3 is 1. The lowest BCUT2D eigenvalue weighted by Crippen LogP contribution is -1.87. The first kappa shape index (κ1) is 12.7. The van der Waals surface area contributed by atoms with Crippen LogP contribution >= 0.6 is 11.3 Å². The van der Waals surface area contributed by atoms with Gasteiger partial charge in [0.2, 0.25) is 0 Å². The summed E-state index contributed by atoms with van der Waals surface area (Å²) in [6.07, 6.45) is 10.4. The Morgan fingerprint density at radius 2 is 1.95 bits per heavy atom. The minimum atomic E-state index is 0.951. The lowest BCUT2D eigenvalue weighted by Gasteiger charge is -2.09. The third-order valence-electron chi connectivity index (χ3n) is 3.83. The van der Waals surface area contributed by atoms with Crippen LogP contribution in [0.25, 0.3) is 15.7 Å². The van der Waals surface area contributed by atoms with Gasteiger partial charge in [-0.05, 0) is 60.9 Å². The maximum Gasteiger partial charge on any atom is 0.120 e. The molecule has 1 aliphatic rings. The number of benzene rings is 1. The summed E-state index contributed by atoms with van der Waals surface area (Å²) in [7, 11) is 1.73. The molecule has 0 bridgehead atoms. The first-order valence-electron chi connectivity index (χ1n) is 7.14. The summed E-state index contributed by atoms with van der Waals surface area (Å²) in [5.74, 6) is 0.951. The van der Waals surface area contributed by atoms with Gasteiger partial charge in [0.15, 0.2) is 0 Å². The largest absolute Gasteiger partial charge is 0.497 e. The van der Waals surface area contributed by atoms with Gasteiger partial charge in [-0.2, -0.15) is 0 Å². The Kier molecular flexibility index (Phi) is 3.88. The molecule has 1 heterocycles. The molecule has 1 aromatic carbocycles. The molecule has 0 saturated carbocycles. The standard InChI is InChI=1S/C17H20OS/c1-18-15-10-9-14-11-16(19-17(14)12-15)13-7-5-3-2-4-6-8-13/h7,9-12H,2-6,8H2,1H3/b13-7+. The van der Waals surface area contributed by atoms with E-state index in [4.69, 9.17) is 4.74 Å². The highest BCUT2D eigenvalue weighted by Crippen LogP contribution is 2.35. The lowest BCUT2D eigenvalue weighted by molar-refractivity contribution is 0.415. The van der Waals surface area contributed by atoms with Crippen LogP contribution in [0.3, 0.4) is 0 Å². The van der Waals surface area contributed by atoms with Crippen LogP contribution in [0.1, 0.15) is 43.4 Å². The van der Waals surface area contributed by atoms with Gasteiger partial charge in [-0.3, -0.25) is 0 Å². The Bertz CT molecular complexity index is 594. The molecule has 0 radical (unpaired) electrons. The van der Waals surface area contributed by atoms with E-state index in [1.807, 2.05) is 17.4 Å². The highest BCUT2D eigenvalue weighted by Gasteiger charge is 2.09. The molecule has 1 nitrogen and oxygen atoms in total. The molecule has 2 aromatic rings. The van der Waals surface area contributed by atoms with E-state index in [1.54, 1.807) is 12.7 Å². The summed E-state index contributed by atoms with van der Waals surface area (Å²) in [5, 5.41) is 1.34. The topological polar surface area (TPSA) is 9.23 Å². The molecule has 0 saturated heterocycles. The van der Waals surface area contributed by atoms with E-state index >= 15 is 0 Å². The molecule has 0 spiro atoms. The van der Waals surface area contributed by atoms with E-state index in [1.165, 1.54) is 53.5 Å². The number of allylic oxidation sites excluding steroid dienone is 2. The highest BCUT2D eigenvalue weighted by molar-refractivity contribution is 7.20. The average Bonchev–Trinajstić information content (AvgIpc) is 2.80. The maximum absolute atomic E-state index is 5.31. The monoisotopic (exact) mass is 272 g/mol. The maximum atomic E-state index is 5.31. The Labute approximate surface area is 118 Å². The summed E-state index contributed by atoms with van der Waals surface area (Å²) >= 11 is 1.90. The summed E-state index contributed by atoms with van der Waals surface area (Å²) in [5.41, 5.74) is 1.56. The first-order valence-corrected chi connectivity index (χ1v) is 7.95.